The fraction of sp³-hybridized carbons (Fsp3) is 0. The van der Waals surface area contributed by atoms with Crippen LogP contribution in [0.2, 0.25) is 0 Å². The molecule has 0 aromatic heterocycles. The van der Waals surface area contributed by atoms with E-state index in [2.05, 4.69) is 5.10 Å². The molecule has 0 N–H and O–H groups in total. The van der Waals surface area contributed by atoms with E-state index in [1.165, 1.54) is 0 Å². The maximum atomic E-state index is 13.6. The van der Waals surface area contributed by atoms with Gasteiger partial charge in [0.2, 0.25) is 17.5 Å². The molecule has 0 aliphatic carbocycles. The van der Waals surface area contributed by atoms with Crippen LogP contribution in [0.1, 0.15) is 5.56 Å². The summed E-state index contributed by atoms with van der Waals surface area (Å²) in [6.45, 7) is 0. The van der Waals surface area contributed by atoms with Crippen molar-refractivity contribution in [2.24, 2.45) is 5.10 Å². The number of allylic oxidation sites excluding steroid dienone is 3. The van der Waals surface area contributed by atoms with E-state index >= 15 is 0 Å². The molecule has 1 aliphatic rings. The van der Waals surface area contributed by atoms with Crippen molar-refractivity contribution < 1.29 is 44.0 Å². The van der Waals surface area contributed by atoms with Crippen LogP contribution in [0.3, 0.4) is 0 Å². The first kappa shape index (κ1) is 16.8. The lowest BCUT2D eigenvalue weighted by Crippen LogP contribution is -2.16. The molecule has 0 bridgehead atoms. The highest BCUT2D eigenvalue weighted by Gasteiger charge is 2.36. The van der Waals surface area contributed by atoms with E-state index < -0.39 is 69.0 Å². The molecular formula is C11F10N2. The summed E-state index contributed by atoms with van der Waals surface area (Å²) in [4.78, 5) is 0. The molecule has 23 heavy (non-hydrogen) atoms. The fourth-order valence-electron chi connectivity index (χ4n) is 1.52. The van der Waals surface area contributed by atoms with Crippen LogP contribution in [0.4, 0.5) is 44.0 Å². The normalized spacial score (nSPS) is 16.1. The third-order valence-electron chi connectivity index (χ3n) is 2.57. The lowest BCUT2D eigenvalue weighted by molar-refractivity contribution is 0.0365. The summed E-state index contributed by atoms with van der Waals surface area (Å²) in [5.74, 6) is -24.2. The molecule has 0 amide bonds. The molecule has 2 nitrogen and oxygen atoms in total. The third kappa shape index (κ3) is 2.43. The second kappa shape index (κ2) is 5.59. The van der Waals surface area contributed by atoms with E-state index in [0.717, 1.165) is 0 Å². The van der Waals surface area contributed by atoms with E-state index in [9.17, 15) is 44.0 Å². The second-order valence-corrected chi connectivity index (χ2v) is 3.89. The number of halogens is 10. The van der Waals surface area contributed by atoms with Crippen LogP contribution in [0, 0.1) is 29.1 Å². The minimum absolute atomic E-state index is 1.67. The minimum Gasteiger partial charge on any atom is -0.203 e. The van der Waals surface area contributed by atoms with Crippen molar-refractivity contribution in [3.8, 4) is 0 Å². The van der Waals surface area contributed by atoms with Gasteiger partial charge in [-0.15, -0.1) is 5.10 Å². The SMILES string of the molecule is FC1=C(F)C(F)=C(F)N(F)N=C1c1c(F)c(F)c(F)c(F)c1F. The van der Waals surface area contributed by atoms with E-state index in [4.69, 9.17) is 0 Å². The number of benzene rings is 1. The molecule has 0 saturated carbocycles. The molecule has 1 aromatic rings. The molecule has 0 atom stereocenters. The van der Waals surface area contributed by atoms with Gasteiger partial charge in [-0.05, 0) is 0 Å². The average Bonchev–Trinajstić information content (AvgIpc) is 2.59. The van der Waals surface area contributed by atoms with Crippen molar-refractivity contribution in [2.75, 3.05) is 0 Å². The molecule has 0 fully saturated rings. The number of hydrazone groups is 1. The number of hydrogen-bond donors (Lipinski definition) is 0. The summed E-state index contributed by atoms with van der Waals surface area (Å²) < 4.78 is 131. The van der Waals surface area contributed by atoms with E-state index in [-0.39, 0.29) is 0 Å². The van der Waals surface area contributed by atoms with Crippen LogP contribution < -0.4 is 0 Å². The number of hydrogen-bond acceptors (Lipinski definition) is 2. The van der Waals surface area contributed by atoms with Gasteiger partial charge in [0, 0.05) is 0 Å². The largest absolute Gasteiger partial charge is 0.281 e. The molecule has 12 heteroatoms. The van der Waals surface area contributed by atoms with Gasteiger partial charge < -0.3 is 0 Å². The average molecular weight is 350 g/mol. The second-order valence-electron chi connectivity index (χ2n) is 3.89. The van der Waals surface area contributed by atoms with Gasteiger partial charge in [0.15, 0.2) is 29.1 Å². The topological polar surface area (TPSA) is 15.6 Å². The zero-order valence-corrected chi connectivity index (χ0v) is 10.2. The zero-order chi connectivity index (χ0) is 17.6. The molecule has 2 rings (SSSR count). The summed E-state index contributed by atoms with van der Waals surface area (Å²) in [7, 11) is 0. The molecule has 0 unspecified atom stereocenters. The van der Waals surface area contributed by atoms with Crippen molar-refractivity contribution in [1.82, 2.24) is 5.23 Å². The molecule has 0 radical (unpaired) electrons. The van der Waals surface area contributed by atoms with Crippen molar-refractivity contribution >= 4 is 5.71 Å². The predicted octanol–water partition coefficient (Wildman–Crippen LogP) is 4.55. The molecule has 1 aliphatic heterocycles. The summed E-state index contributed by atoms with van der Waals surface area (Å²) in [6, 6.07) is 0. The minimum atomic E-state index is -2.79. The number of rotatable bonds is 1. The van der Waals surface area contributed by atoms with Crippen molar-refractivity contribution in [3.63, 3.8) is 0 Å². The Morgan fingerprint density at radius 2 is 1.00 bits per heavy atom. The Morgan fingerprint density at radius 3 is 1.48 bits per heavy atom. The zero-order valence-electron chi connectivity index (χ0n) is 10.2. The van der Waals surface area contributed by atoms with Gasteiger partial charge in [-0.3, -0.25) is 0 Å². The molecular weight excluding hydrogens is 350 g/mol. The van der Waals surface area contributed by atoms with Gasteiger partial charge >= 0.3 is 0 Å². The lowest BCUT2D eigenvalue weighted by Gasteiger charge is -2.10. The van der Waals surface area contributed by atoms with Gasteiger partial charge in [-0.1, -0.05) is 9.71 Å². The van der Waals surface area contributed by atoms with Gasteiger partial charge in [0.1, 0.15) is 5.71 Å². The maximum absolute atomic E-state index is 13.6. The number of nitrogens with zero attached hydrogens (tertiary/aromatic N) is 2. The standard InChI is InChI=1S/C11F10N2/c12-2-1(3(13)5(15)6(16)4(2)14)10-8(18)7(17)9(19)11(20)23(21)22-10. The Kier molecular flexibility index (Phi) is 4.09. The summed E-state index contributed by atoms with van der Waals surface area (Å²) in [5, 5.41) is 0.473. The lowest BCUT2D eigenvalue weighted by atomic mass is 10.1. The summed E-state index contributed by atoms with van der Waals surface area (Å²) >= 11 is 0. The Balaban J connectivity index is 2.86. The van der Waals surface area contributed by atoms with Crippen molar-refractivity contribution in [1.29, 1.82) is 0 Å². The quantitative estimate of drug-likeness (QED) is 0.239. The first-order valence-corrected chi connectivity index (χ1v) is 5.27. The molecule has 1 aromatic carbocycles. The molecule has 1 heterocycles. The highest BCUT2D eigenvalue weighted by atomic mass is 19.2. The van der Waals surface area contributed by atoms with E-state index in [1.54, 1.807) is 0 Å². The van der Waals surface area contributed by atoms with E-state index in [1.807, 2.05) is 0 Å². The first-order chi connectivity index (χ1) is 10.6. The monoisotopic (exact) mass is 350 g/mol. The van der Waals surface area contributed by atoms with Crippen LogP contribution in [-0.4, -0.2) is 10.9 Å². The Labute approximate surface area is 119 Å². The van der Waals surface area contributed by atoms with Gasteiger partial charge in [-0.2, -0.15) is 8.78 Å². The Bertz CT molecular complexity index is 765. The van der Waals surface area contributed by atoms with Crippen molar-refractivity contribution in [3.05, 3.63) is 58.1 Å². The Morgan fingerprint density at radius 1 is 0.565 bits per heavy atom. The Hall–Kier alpha value is -2.53. The van der Waals surface area contributed by atoms with Crippen molar-refractivity contribution in [2.45, 2.75) is 0 Å². The summed E-state index contributed by atoms with van der Waals surface area (Å²) in [6.07, 6.45) is 0. The molecule has 0 spiro atoms. The smallest absolute Gasteiger partial charge is 0.203 e. The highest BCUT2D eigenvalue weighted by molar-refractivity contribution is 6.12. The van der Waals surface area contributed by atoms with E-state index in [0.29, 0.717) is 0 Å². The fourth-order valence-corrected chi connectivity index (χ4v) is 1.52. The van der Waals surface area contributed by atoms with Gasteiger partial charge in [0.25, 0.3) is 5.95 Å². The van der Waals surface area contributed by atoms with Crippen LogP contribution in [0.15, 0.2) is 28.5 Å². The first-order valence-electron chi connectivity index (χ1n) is 5.27. The predicted molar refractivity (Wildman–Crippen MR) is 54.2 cm³/mol. The van der Waals surface area contributed by atoms with Gasteiger partial charge in [-0.25, -0.2) is 30.7 Å². The maximum Gasteiger partial charge on any atom is 0.281 e. The van der Waals surface area contributed by atoms with Crippen LogP contribution >= 0.6 is 0 Å². The summed E-state index contributed by atoms with van der Waals surface area (Å²) in [5.41, 5.74) is -4.39. The highest BCUT2D eigenvalue weighted by Crippen LogP contribution is 2.34. The molecule has 124 valence electrons. The molecule has 0 saturated heterocycles. The van der Waals surface area contributed by atoms with Gasteiger partial charge in [0.05, 0.1) is 5.56 Å². The van der Waals surface area contributed by atoms with Crippen LogP contribution in [-0.2, 0) is 0 Å². The van der Waals surface area contributed by atoms with Crippen LogP contribution in [0.25, 0.3) is 0 Å². The van der Waals surface area contributed by atoms with Crippen LogP contribution in [0.5, 0.6) is 0 Å². The third-order valence-corrected chi connectivity index (χ3v) is 2.57.